The van der Waals surface area contributed by atoms with E-state index in [0.717, 1.165) is 44.6 Å². The highest BCUT2D eigenvalue weighted by molar-refractivity contribution is 5.70. The summed E-state index contributed by atoms with van der Waals surface area (Å²) in [6.07, 6.45) is 3.33. The van der Waals surface area contributed by atoms with E-state index >= 15 is 0 Å². The third-order valence-corrected chi connectivity index (χ3v) is 5.09. The second-order valence-electron chi connectivity index (χ2n) is 7.09. The van der Waals surface area contributed by atoms with Crippen molar-refractivity contribution in [2.75, 3.05) is 33.3 Å². The van der Waals surface area contributed by atoms with Gasteiger partial charge in [-0.15, -0.1) is 0 Å². The van der Waals surface area contributed by atoms with Crippen LogP contribution in [0, 0.1) is 5.82 Å². The van der Waals surface area contributed by atoms with Crippen molar-refractivity contribution in [2.45, 2.75) is 44.8 Å². The van der Waals surface area contributed by atoms with Crippen molar-refractivity contribution >= 4 is 12.2 Å². The molecule has 0 saturated carbocycles. The minimum absolute atomic E-state index is 0.0622. The number of hydrogen-bond acceptors (Lipinski definition) is 5. The third-order valence-electron chi connectivity index (χ3n) is 5.09. The molecule has 1 aromatic carbocycles. The molecule has 0 aliphatic carbocycles. The summed E-state index contributed by atoms with van der Waals surface area (Å²) in [4.78, 5) is 28.2. The Bertz CT molecular complexity index is 655. The Morgan fingerprint density at radius 3 is 1.82 bits per heavy atom. The summed E-state index contributed by atoms with van der Waals surface area (Å²) < 4.78 is 30.0. The van der Waals surface area contributed by atoms with Crippen LogP contribution >= 0.6 is 0 Å². The molecule has 2 saturated heterocycles. The Labute approximate surface area is 164 Å². The van der Waals surface area contributed by atoms with Gasteiger partial charge < -0.3 is 24.0 Å². The molecule has 2 heterocycles. The second kappa shape index (κ2) is 9.61. The maximum atomic E-state index is 14.2. The zero-order valence-electron chi connectivity index (χ0n) is 16.2. The summed E-state index contributed by atoms with van der Waals surface area (Å²) in [6, 6.07) is 4.11. The van der Waals surface area contributed by atoms with Crippen molar-refractivity contribution in [1.29, 1.82) is 0 Å². The van der Waals surface area contributed by atoms with Crippen LogP contribution in [0.15, 0.2) is 18.2 Å². The average Bonchev–Trinajstić information content (AvgIpc) is 2.74. The molecule has 0 N–H and O–H groups in total. The van der Waals surface area contributed by atoms with E-state index in [2.05, 4.69) is 0 Å². The summed E-state index contributed by atoms with van der Waals surface area (Å²) in [6.45, 7) is 2.40. The minimum Gasteiger partial charge on any atom is -0.494 e. The van der Waals surface area contributed by atoms with Gasteiger partial charge in [0, 0.05) is 31.7 Å². The number of likely N-dealkylation sites (tertiary alicyclic amines) is 2. The Balaban J connectivity index is 1.75. The number of halogens is 1. The first kappa shape index (κ1) is 20.2. The first-order valence-electron chi connectivity index (χ1n) is 9.83. The molecule has 1 aromatic rings. The van der Waals surface area contributed by atoms with Crippen LogP contribution in [0.4, 0.5) is 14.0 Å². The highest BCUT2D eigenvalue weighted by Crippen LogP contribution is 2.27. The molecular weight excluding hydrogens is 367 g/mol. The molecule has 0 radical (unpaired) electrons. The molecule has 0 spiro atoms. The van der Waals surface area contributed by atoms with Crippen LogP contribution in [0.1, 0.15) is 50.4 Å². The molecule has 0 bridgehead atoms. The normalized spacial score (nSPS) is 17.4. The van der Waals surface area contributed by atoms with Crippen molar-refractivity contribution in [3.05, 3.63) is 29.6 Å². The number of piperidine rings is 2. The number of benzene rings is 1. The van der Waals surface area contributed by atoms with Gasteiger partial charge in [0.2, 0.25) is 0 Å². The smallest absolute Gasteiger partial charge is 0.413 e. The van der Waals surface area contributed by atoms with Crippen LogP contribution in [0.3, 0.4) is 0 Å². The second-order valence-corrected chi connectivity index (χ2v) is 7.09. The highest BCUT2D eigenvalue weighted by Gasteiger charge is 2.29. The quantitative estimate of drug-likeness (QED) is 0.720. The molecule has 3 rings (SSSR count). The van der Waals surface area contributed by atoms with E-state index in [4.69, 9.17) is 14.2 Å². The zero-order valence-corrected chi connectivity index (χ0v) is 16.2. The van der Waals surface area contributed by atoms with E-state index in [9.17, 15) is 14.0 Å². The van der Waals surface area contributed by atoms with E-state index in [-0.39, 0.29) is 11.3 Å². The van der Waals surface area contributed by atoms with Crippen LogP contribution in [-0.2, 0) is 9.47 Å². The van der Waals surface area contributed by atoms with Crippen LogP contribution < -0.4 is 4.74 Å². The van der Waals surface area contributed by atoms with Crippen LogP contribution in [-0.4, -0.2) is 55.3 Å². The number of methoxy groups -OCH3 is 1. The standard InChI is InChI=1S/C20H27FN2O5/c1-26-17-9-8-15(14-16(17)21)18(27-19(24)22-10-4-2-5-11-22)28-20(25)23-12-6-3-7-13-23/h8-9,14,18H,2-7,10-13H2,1H3. The number of carbonyl (C=O) groups is 2. The number of hydrogen-bond donors (Lipinski definition) is 0. The van der Waals surface area contributed by atoms with Crippen LogP contribution in [0.2, 0.25) is 0 Å². The van der Waals surface area contributed by atoms with Gasteiger partial charge in [-0.25, -0.2) is 14.0 Å². The number of amides is 2. The topological polar surface area (TPSA) is 68.3 Å². The van der Waals surface area contributed by atoms with E-state index in [1.165, 1.54) is 19.2 Å². The molecule has 8 heteroatoms. The Kier molecular flexibility index (Phi) is 6.95. The van der Waals surface area contributed by atoms with Gasteiger partial charge in [-0.2, -0.15) is 0 Å². The maximum Gasteiger partial charge on any atom is 0.413 e. The van der Waals surface area contributed by atoms with Crippen molar-refractivity contribution < 1.29 is 28.2 Å². The van der Waals surface area contributed by atoms with Gasteiger partial charge >= 0.3 is 12.2 Å². The van der Waals surface area contributed by atoms with E-state index < -0.39 is 24.3 Å². The number of rotatable bonds is 4. The third kappa shape index (κ3) is 5.05. The van der Waals surface area contributed by atoms with Gasteiger partial charge in [0.25, 0.3) is 6.29 Å². The summed E-state index contributed by atoms with van der Waals surface area (Å²) in [5.74, 6) is -0.555. The lowest BCUT2D eigenvalue weighted by atomic mass is 10.1. The predicted molar refractivity (Wildman–Crippen MR) is 99.5 cm³/mol. The zero-order chi connectivity index (χ0) is 19.9. The number of carbonyl (C=O) groups excluding carboxylic acids is 2. The van der Waals surface area contributed by atoms with Crippen molar-refractivity contribution in [2.24, 2.45) is 0 Å². The fourth-order valence-corrected chi connectivity index (χ4v) is 3.47. The van der Waals surface area contributed by atoms with Gasteiger partial charge in [0.1, 0.15) is 0 Å². The average molecular weight is 394 g/mol. The number of ether oxygens (including phenoxy) is 3. The first-order chi connectivity index (χ1) is 13.6. The lowest BCUT2D eigenvalue weighted by Crippen LogP contribution is -2.39. The largest absolute Gasteiger partial charge is 0.494 e. The maximum absolute atomic E-state index is 14.2. The monoisotopic (exact) mass is 394 g/mol. The summed E-state index contributed by atoms with van der Waals surface area (Å²) in [5.41, 5.74) is 0.244. The fraction of sp³-hybridized carbons (Fsp3) is 0.600. The molecule has 2 aliphatic heterocycles. The minimum atomic E-state index is -1.32. The molecule has 28 heavy (non-hydrogen) atoms. The molecule has 2 fully saturated rings. The summed E-state index contributed by atoms with van der Waals surface area (Å²) >= 11 is 0. The van der Waals surface area contributed by atoms with E-state index in [1.807, 2.05) is 0 Å². The predicted octanol–water partition coefficient (Wildman–Crippen LogP) is 4.08. The molecule has 2 aliphatic rings. The number of nitrogens with zero attached hydrogens (tertiary/aromatic N) is 2. The summed E-state index contributed by atoms with van der Waals surface area (Å²) in [5, 5.41) is 0. The lowest BCUT2D eigenvalue weighted by molar-refractivity contribution is -0.0858. The summed E-state index contributed by atoms with van der Waals surface area (Å²) in [7, 11) is 1.36. The van der Waals surface area contributed by atoms with E-state index in [0.29, 0.717) is 26.2 Å². The molecule has 2 amide bonds. The molecular formula is C20H27FN2O5. The molecule has 154 valence electrons. The van der Waals surface area contributed by atoms with Gasteiger partial charge in [-0.1, -0.05) is 0 Å². The van der Waals surface area contributed by atoms with Gasteiger partial charge in [-0.05, 0) is 56.7 Å². The molecule has 0 unspecified atom stereocenters. The van der Waals surface area contributed by atoms with Gasteiger partial charge in [-0.3, -0.25) is 0 Å². The fourth-order valence-electron chi connectivity index (χ4n) is 3.47. The molecule has 7 nitrogen and oxygen atoms in total. The van der Waals surface area contributed by atoms with Crippen LogP contribution in [0.5, 0.6) is 5.75 Å². The van der Waals surface area contributed by atoms with Crippen molar-refractivity contribution in [3.8, 4) is 5.75 Å². The van der Waals surface area contributed by atoms with E-state index in [1.54, 1.807) is 9.80 Å². The molecule has 0 aromatic heterocycles. The lowest BCUT2D eigenvalue weighted by Gasteiger charge is -2.30. The highest BCUT2D eigenvalue weighted by atomic mass is 19.1. The van der Waals surface area contributed by atoms with Crippen molar-refractivity contribution in [3.63, 3.8) is 0 Å². The van der Waals surface area contributed by atoms with Crippen LogP contribution in [0.25, 0.3) is 0 Å². The SMILES string of the molecule is COc1ccc(C(OC(=O)N2CCCCC2)OC(=O)N2CCCCC2)cc1F. The Morgan fingerprint density at radius 2 is 1.39 bits per heavy atom. The van der Waals surface area contributed by atoms with Gasteiger partial charge in [0.05, 0.1) is 7.11 Å². The van der Waals surface area contributed by atoms with Gasteiger partial charge in [0.15, 0.2) is 11.6 Å². The first-order valence-corrected chi connectivity index (χ1v) is 9.83. The Hall–Kier alpha value is -2.51. The Morgan fingerprint density at radius 1 is 0.893 bits per heavy atom. The van der Waals surface area contributed by atoms with Crippen molar-refractivity contribution in [1.82, 2.24) is 9.80 Å². The molecule has 0 atom stereocenters.